The number of aliphatic hydroxyl groups is 1. The molecule has 0 atom stereocenters. The fourth-order valence-corrected chi connectivity index (χ4v) is 4.02. The Morgan fingerprint density at radius 1 is 0.607 bits per heavy atom. The molecule has 0 unspecified atom stereocenters. The van der Waals surface area contributed by atoms with E-state index in [9.17, 15) is 15.3 Å². The number of phenols is 2. The summed E-state index contributed by atoms with van der Waals surface area (Å²) in [5.74, 6) is 0.453. The molecule has 0 aliphatic heterocycles. The Hall–Kier alpha value is -2.00. The summed E-state index contributed by atoms with van der Waals surface area (Å²) in [4.78, 5) is 0. The summed E-state index contributed by atoms with van der Waals surface area (Å²) in [7, 11) is 0. The lowest BCUT2D eigenvalue weighted by Crippen LogP contribution is -2.32. The summed E-state index contributed by atoms with van der Waals surface area (Å²) in [5, 5.41) is 29.7. The van der Waals surface area contributed by atoms with Crippen LogP contribution in [0.3, 0.4) is 0 Å². The van der Waals surface area contributed by atoms with Crippen molar-refractivity contribution in [2.24, 2.45) is 0 Å². The molecule has 3 heteroatoms. The van der Waals surface area contributed by atoms with Crippen LogP contribution in [0.1, 0.15) is 82.3 Å². The fraction of sp³-hybridized carbons (Fsp3) is 0.520. The van der Waals surface area contributed by atoms with Gasteiger partial charge in [0.1, 0.15) is 11.5 Å². The number of hydrogen-bond donors (Lipinski definition) is 3. The van der Waals surface area contributed by atoms with Crippen LogP contribution in [-0.4, -0.2) is 21.9 Å². The minimum absolute atomic E-state index is 0.000428. The van der Waals surface area contributed by atoms with Crippen LogP contribution in [0.4, 0.5) is 0 Å². The smallest absolute Gasteiger partial charge is 0.115 e. The van der Waals surface area contributed by atoms with E-state index < -0.39 is 5.41 Å². The highest BCUT2D eigenvalue weighted by Crippen LogP contribution is 2.38. The van der Waals surface area contributed by atoms with Crippen molar-refractivity contribution >= 4 is 0 Å². The molecule has 3 N–H and O–H groups in total. The number of unbranched alkanes of at least 4 members (excludes halogenated alkanes) is 8. The van der Waals surface area contributed by atoms with E-state index in [1.165, 1.54) is 44.9 Å². The van der Waals surface area contributed by atoms with E-state index in [1.807, 2.05) is 24.3 Å². The Kier molecular flexibility index (Phi) is 9.36. The first-order valence-corrected chi connectivity index (χ1v) is 10.8. The third-order valence-corrected chi connectivity index (χ3v) is 5.82. The molecule has 0 bridgehead atoms. The Morgan fingerprint density at radius 2 is 1.00 bits per heavy atom. The Bertz CT molecular complexity index is 616. The number of benzene rings is 2. The third kappa shape index (κ3) is 6.27. The maximum Gasteiger partial charge on any atom is 0.115 e. The van der Waals surface area contributed by atoms with E-state index in [-0.39, 0.29) is 18.1 Å². The highest BCUT2D eigenvalue weighted by atomic mass is 16.3. The van der Waals surface area contributed by atoms with Crippen LogP contribution < -0.4 is 0 Å². The van der Waals surface area contributed by atoms with Gasteiger partial charge in [-0.15, -0.1) is 0 Å². The molecule has 0 heterocycles. The maximum absolute atomic E-state index is 10.4. The van der Waals surface area contributed by atoms with Gasteiger partial charge in [0, 0.05) is 5.41 Å². The standard InChI is InChI=1S/C25H36O3/c1-2-3-4-5-6-7-8-9-10-19-25(20-26,21-11-15-23(27)16-12-21)22-13-17-24(28)18-14-22/h11-18,26-28H,2-10,19-20H2,1H3. The van der Waals surface area contributed by atoms with Gasteiger partial charge >= 0.3 is 0 Å². The van der Waals surface area contributed by atoms with E-state index in [2.05, 4.69) is 6.92 Å². The van der Waals surface area contributed by atoms with Crippen LogP contribution in [0.15, 0.2) is 48.5 Å². The molecule has 28 heavy (non-hydrogen) atoms. The molecule has 154 valence electrons. The lowest BCUT2D eigenvalue weighted by molar-refractivity contribution is 0.207. The normalized spacial score (nSPS) is 11.6. The average molecular weight is 385 g/mol. The molecule has 0 radical (unpaired) electrons. The highest BCUT2D eigenvalue weighted by molar-refractivity contribution is 5.43. The SMILES string of the molecule is CCCCCCCCCCCC(CO)(c1ccc(O)cc1)c1ccc(O)cc1. The van der Waals surface area contributed by atoms with Crippen LogP contribution >= 0.6 is 0 Å². The molecule has 0 aliphatic rings. The van der Waals surface area contributed by atoms with Crippen molar-refractivity contribution in [2.75, 3.05) is 6.61 Å². The van der Waals surface area contributed by atoms with Crippen molar-refractivity contribution in [3.05, 3.63) is 59.7 Å². The van der Waals surface area contributed by atoms with E-state index in [1.54, 1.807) is 24.3 Å². The summed E-state index contributed by atoms with van der Waals surface area (Å²) in [5.41, 5.74) is 1.49. The molecule has 3 nitrogen and oxygen atoms in total. The first-order valence-electron chi connectivity index (χ1n) is 10.8. The van der Waals surface area contributed by atoms with Gasteiger partial charge in [0.15, 0.2) is 0 Å². The molecule has 0 saturated heterocycles. The summed E-state index contributed by atoms with van der Waals surface area (Å²) in [6.07, 6.45) is 12.2. The second kappa shape index (κ2) is 11.8. The quantitative estimate of drug-likeness (QED) is 0.355. The van der Waals surface area contributed by atoms with Gasteiger partial charge in [-0.2, -0.15) is 0 Å². The number of rotatable bonds is 13. The van der Waals surface area contributed by atoms with Crippen molar-refractivity contribution in [1.82, 2.24) is 0 Å². The number of aliphatic hydroxyl groups excluding tert-OH is 1. The summed E-state index contributed by atoms with van der Waals surface area (Å²) in [6.45, 7) is 2.25. The van der Waals surface area contributed by atoms with Crippen molar-refractivity contribution in [2.45, 2.75) is 76.5 Å². The summed E-state index contributed by atoms with van der Waals surface area (Å²) >= 11 is 0. The van der Waals surface area contributed by atoms with Gasteiger partial charge in [0.25, 0.3) is 0 Å². The van der Waals surface area contributed by atoms with Gasteiger partial charge in [0.05, 0.1) is 6.61 Å². The van der Waals surface area contributed by atoms with Crippen molar-refractivity contribution < 1.29 is 15.3 Å². The Morgan fingerprint density at radius 3 is 1.39 bits per heavy atom. The second-order valence-corrected chi connectivity index (χ2v) is 7.91. The third-order valence-electron chi connectivity index (χ3n) is 5.82. The van der Waals surface area contributed by atoms with Crippen LogP contribution in [0.2, 0.25) is 0 Å². The lowest BCUT2D eigenvalue weighted by atomic mass is 9.71. The van der Waals surface area contributed by atoms with E-state index >= 15 is 0 Å². The van der Waals surface area contributed by atoms with E-state index in [4.69, 9.17) is 0 Å². The second-order valence-electron chi connectivity index (χ2n) is 7.91. The topological polar surface area (TPSA) is 60.7 Å². The van der Waals surface area contributed by atoms with E-state index in [0.29, 0.717) is 0 Å². The molecule has 2 rings (SSSR count). The molecular formula is C25H36O3. The van der Waals surface area contributed by atoms with Crippen LogP contribution in [0, 0.1) is 0 Å². The minimum Gasteiger partial charge on any atom is -0.508 e. The number of aromatic hydroxyl groups is 2. The fourth-order valence-electron chi connectivity index (χ4n) is 4.02. The molecular weight excluding hydrogens is 348 g/mol. The molecule has 0 spiro atoms. The highest BCUT2D eigenvalue weighted by Gasteiger charge is 2.33. The largest absolute Gasteiger partial charge is 0.508 e. The van der Waals surface area contributed by atoms with Gasteiger partial charge < -0.3 is 15.3 Å². The lowest BCUT2D eigenvalue weighted by Gasteiger charge is -2.33. The predicted octanol–water partition coefficient (Wildman–Crippen LogP) is 6.30. The van der Waals surface area contributed by atoms with Crippen molar-refractivity contribution in [1.29, 1.82) is 0 Å². The molecule has 0 amide bonds. The monoisotopic (exact) mass is 384 g/mol. The van der Waals surface area contributed by atoms with Crippen LogP contribution in [0.25, 0.3) is 0 Å². The van der Waals surface area contributed by atoms with Gasteiger partial charge in [-0.3, -0.25) is 0 Å². The Balaban J connectivity index is 2.01. The van der Waals surface area contributed by atoms with Gasteiger partial charge in [-0.25, -0.2) is 0 Å². The first-order chi connectivity index (χ1) is 13.6. The van der Waals surface area contributed by atoms with Crippen LogP contribution in [-0.2, 0) is 5.41 Å². The van der Waals surface area contributed by atoms with Crippen molar-refractivity contribution in [3.8, 4) is 11.5 Å². The van der Waals surface area contributed by atoms with Gasteiger partial charge in [0.2, 0.25) is 0 Å². The minimum atomic E-state index is -0.511. The number of hydrogen-bond acceptors (Lipinski definition) is 3. The summed E-state index contributed by atoms with van der Waals surface area (Å²) < 4.78 is 0. The van der Waals surface area contributed by atoms with E-state index in [0.717, 1.165) is 30.4 Å². The predicted molar refractivity (Wildman–Crippen MR) is 116 cm³/mol. The molecule has 0 aromatic heterocycles. The van der Waals surface area contributed by atoms with Crippen LogP contribution in [0.5, 0.6) is 11.5 Å². The Labute approximate surface area is 170 Å². The number of phenolic OH excluding ortho intramolecular Hbond substituents is 2. The molecule has 0 fully saturated rings. The zero-order chi connectivity index (χ0) is 20.2. The molecule has 2 aromatic carbocycles. The molecule has 0 aliphatic carbocycles. The zero-order valence-corrected chi connectivity index (χ0v) is 17.2. The average Bonchev–Trinajstić information content (AvgIpc) is 2.71. The van der Waals surface area contributed by atoms with Crippen molar-refractivity contribution in [3.63, 3.8) is 0 Å². The summed E-state index contributed by atoms with van der Waals surface area (Å²) in [6, 6.07) is 14.3. The van der Waals surface area contributed by atoms with Gasteiger partial charge in [-0.1, -0.05) is 89.0 Å². The zero-order valence-electron chi connectivity index (χ0n) is 17.2. The van der Waals surface area contributed by atoms with Gasteiger partial charge in [-0.05, 0) is 41.8 Å². The molecule has 2 aromatic rings. The first kappa shape index (κ1) is 22.3. The molecule has 0 saturated carbocycles. The maximum atomic E-state index is 10.4.